The third-order valence-corrected chi connectivity index (χ3v) is 4.12. The van der Waals surface area contributed by atoms with Crippen molar-refractivity contribution in [3.05, 3.63) is 52.2 Å². The number of rotatable bonds is 5. The van der Waals surface area contributed by atoms with Crippen molar-refractivity contribution in [1.82, 2.24) is 18.9 Å². The van der Waals surface area contributed by atoms with Crippen molar-refractivity contribution in [2.24, 2.45) is 5.73 Å². The molecule has 0 aliphatic heterocycles. The van der Waals surface area contributed by atoms with Crippen LogP contribution < -0.4 is 11.4 Å². The summed E-state index contributed by atoms with van der Waals surface area (Å²) in [5, 5.41) is 4.25. The first-order chi connectivity index (χ1) is 11.4. The van der Waals surface area contributed by atoms with Crippen LogP contribution in [-0.4, -0.2) is 24.8 Å². The van der Waals surface area contributed by atoms with E-state index < -0.39 is 5.91 Å². The second kappa shape index (κ2) is 5.99. The van der Waals surface area contributed by atoms with Gasteiger partial charge in [0.05, 0.1) is 23.8 Å². The smallest absolute Gasteiger partial charge is 0.329 e. The number of imidazole rings is 1. The Balaban J connectivity index is 2.18. The molecule has 24 heavy (non-hydrogen) atoms. The molecule has 0 atom stereocenters. The molecule has 0 fully saturated rings. The molecule has 3 rings (SSSR count). The Morgan fingerprint density at radius 2 is 2.04 bits per heavy atom. The van der Waals surface area contributed by atoms with Gasteiger partial charge in [0, 0.05) is 29.9 Å². The van der Waals surface area contributed by atoms with Crippen molar-refractivity contribution in [2.75, 3.05) is 0 Å². The van der Waals surface area contributed by atoms with E-state index in [4.69, 9.17) is 5.73 Å². The van der Waals surface area contributed by atoms with E-state index in [1.165, 1.54) is 0 Å². The van der Waals surface area contributed by atoms with Crippen molar-refractivity contribution >= 4 is 16.9 Å². The lowest BCUT2D eigenvalue weighted by molar-refractivity contribution is 0.100. The molecule has 0 spiro atoms. The molecular weight excluding hydrogens is 306 g/mol. The molecule has 1 aromatic carbocycles. The van der Waals surface area contributed by atoms with Gasteiger partial charge in [-0.2, -0.15) is 5.10 Å². The standard InChI is InChI=1S/C17H21N5O2/c1-4-20-9-12(8-19-20)10-21-14-6-5-13(16(18)23)7-15(14)22(11(2)3)17(21)24/h5-9,11H,4,10H2,1-3H3,(H2,18,23). The second-order valence-corrected chi connectivity index (χ2v) is 6.10. The Morgan fingerprint density at radius 1 is 1.29 bits per heavy atom. The van der Waals surface area contributed by atoms with Crippen LogP contribution in [0, 0.1) is 0 Å². The first kappa shape index (κ1) is 16.0. The summed E-state index contributed by atoms with van der Waals surface area (Å²) in [5.41, 5.74) is 8.12. The molecular formula is C17H21N5O2. The Kier molecular flexibility index (Phi) is 4.01. The third kappa shape index (κ3) is 2.62. The summed E-state index contributed by atoms with van der Waals surface area (Å²) in [5.74, 6) is -0.503. The number of aromatic nitrogens is 4. The highest BCUT2D eigenvalue weighted by atomic mass is 16.2. The zero-order valence-electron chi connectivity index (χ0n) is 14.1. The predicted molar refractivity (Wildman–Crippen MR) is 92.1 cm³/mol. The molecule has 126 valence electrons. The normalized spacial score (nSPS) is 11.5. The summed E-state index contributed by atoms with van der Waals surface area (Å²) in [6.07, 6.45) is 3.70. The van der Waals surface area contributed by atoms with Gasteiger partial charge in [0.2, 0.25) is 5.91 Å². The van der Waals surface area contributed by atoms with Crippen molar-refractivity contribution in [1.29, 1.82) is 0 Å². The number of nitrogens with two attached hydrogens (primary N) is 1. The number of amides is 1. The number of primary amides is 1. The number of hydrogen-bond donors (Lipinski definition) is 1. The molecule has 0 saturated carbocycles. The van der Waals surface area contributed by atoms with Gasteiger partial charge in [-0.25, -0.2) is 4.79 Å². The number of aryl methyl sites for hydroxylation is 1. The summed E-state index contributed by atoms with van der Waals surface area (Å²) in [4.78, 5) is 24.3. The van der Waals surface area contributed by atoms with Crippen LogP contribution in [0.15, 0.2) is 35.4 Å². The van der Waals surface area contributed by atoms with Gasteiger partial charge < -0.3 is 5.73 Å². The van der Waals surface area contributed by atoms with Crippen molar-refractivity contribution < 1.29 is 4.79 Å². The van der Waals surface area contributed by atoms with Gasteiger partial charge in [-0.3, -0.25) is 18.6 Å². The van der Waals surface area contributed by atoms with Gasteiger partial charge in [-0.15, -0.1) is 0 Å². The summed E-state index contributed by atoms with van der Waals surface area (Å²) in [6.45, 7) is 7.11. The van der Waals surface area contributed by atoms with Crippen LogP contribution in [0.2, 0.25) is 0 Å². The number of carbonyl (C=O) groups excluding carboxylic acids is 1. The number of benzene rings is 1. The maximum absolute atomic E-state index is 12.9. The van der Waals surface area contributed by atoms with Crippen LogP contribution in [0.1, 0.15) is 42.7 Å². The van der Waals surface area contributed by atoms with E-state index in [0.29, 0.717) is 17.6 Å². The van der Waals surface area contributed by atoms with Crippen LogP contribution in [0.3, 0.4) is 0 Å². The van der Waals surface area contributed by atoms with Crippen LogP contribution in [0.25, 0.3) is 11.0 Å². The first-order valence-corrected chi connectivity index (χ1v) is 7.98. The Morgan fingerprint density at radius 3 is 2.62 bits per heavy atom. The van der Waals surface area contributed by atoms with Crippen molar-refractivity contribution in [3.8, 4) is 0 Å². The van der Waals surface area contributed by atoms with E-state index in [0.717, 1.165) is 17.6 Å². The largest absolute Gasteiger partial charge is 0.366 e. The van der Waals surface area contributed by atoms with Crippen molar-refractivity contribution in [3.63, 3.8) is 0 Å². The van der Waals surface area contributed by atoms with Crippen LogP contribution >= 0.6 is 0 Å². The van der Waals surface area contributed by atoms with Gasteiger partial charge in [-0.05, 0) is 39.0 Å². The number of fused-ring (bicyclic) bond motifs is 1. The third-order valence-electron chi connectivity index (χ3n) is 4.12. The molecule has 0 aliphatic rings. The monoisotopic (exact) mass is 327 g/mol. The van der Waals surface area contributed by atoms with Crippen LogP contribution in [0.4, 0.5) is 0 Å². The molecule has 0 radical (unpaired) electrons. The highest BCUT2D eigenvalue weighted by Gasteiger charge is 2.17. The minimum atomic E-state index is -0.503. The molecule has 7 nitrogen and oxygen atoms in total. The molecule has 2 heterocycles. The Bertz CT molecular complexity index is 961. The first-order valence-electron chi connectivity index (χ1n) is 7.98. The van der Waals surface area contributed by atoms with Crippen LogP contribution in [-0.2, 0) is 13.1 Å². The number of nitrogens with zero attached hydrogens (tertiary/aromatic N) is 4. The van der Waals surface area contributed by atoms with E-state index >= 15 is 0 Å². The minimum Gasteiger partial charge on any atom is -0.366 e. The van der Waals surface area contributed by atoms with Crippen molar-refractivity contribution in [2.45, 2.75) is 39.9 Å². The van der Waals surface area contributed by atoms with Crippen LogP contribution in [0.5, 0.6) is 0 Å². The highest BCUT2D eigenvalue weighted by Crippen LogP contribution is 2.20. The molecule has 2 aromatic heterocycles. The molecule has 0 bridgehead atoms. The van der Waals surface area contributed by atoms with Gasteiger partial charge in [-0.1, -0.05) is 0 Å². The summed E-state index contributed by atoms with van der Waals surface area (Å²) < 4.78 is 5.22. The Labute approximate surface area is 139 Å². The zero-order chi connectivity index (χ0) is 17.4. The molecule has 7 heteroatoms. The summed E-state index contributed by atoms with van der Waals surface area (Å²) >= 11 is 0. The zero-order valence-corrected chi connectivity index (χ0v) is 14.1. The fourth-order valence-electron chi connectivity index (χ4n) is 2.93. The van der Waals surface area contributed by atoms with Gasteiger partial charge in [0.25, 0.3) is 0 Å². The van der Waals surface area contributed by atoms with Gasteiger partial charge in [0.15, 0.2) is 0 Å². The van der Waals surface area contributed by atoms with E-state index in [1.54, 1.807) is 33.5 Å². The Hall–Kier alpha value is -2.83. The minimum absolute atomic E-state index is 0.0252. The lowest BCUT2D eigenvalue weighted by Gasteiger charge is -2.06. The molecule has 0 unspecified atom stereocenters. The number of carbonyl (C=O) groups is 1. The highest BCUT2D eigenvalue weighted by molar-refractivity contribution is 5.96. The predicted octanol–water partition coefficient (Wildman–Crippen LogP) is 1.75. The van der Waals surface area contributed by atoms with E-state index in [9.17, 15) is 9.59 Å². The fraction of sp³-hybridized carbons (Fsp3) is 0.353. The van der Waals surface area contributed by atoms with E-state index in [2.05, 4.69) is 5.10 Å². The SMILES string of the molecule is CCn1cc(Cn2c(=O)n(C(C)C)c3cc(C(N)=O)ccc32)cn1. The summed E-state index contributed by atoms with van der Waals surface area (Å²) in [7, 11) is 0. The lowest BCUT2D eigenvalue weighted by atomic mass is 10.2. The average molecular weight is 327 g/mol. The molecule has 2 N–H and O–H groups in total. The molecule has 0 saturated heterocycles. The molecule has 3 aromatic rings. The lowest BCUT2D eigenvalue weighted by Crippen LogP contribution is -2.25. The maximum atomic E-state index is 12.9. The topological polar surface area (TPSA) is 87.8 Å². The van der Waals surface area contributed by atoms with E-state index in [-0.39, 0.29) is 11.7 Å². The molecule has 1 amide bonds. The molecule has 0 aliphatic carbocycles. The summed E-state index contributed by atoms with van der Waals surface area (Å²) in [6, 6.07) is 5.09. The second-order valence-electron chi connectivity index (χ2n) is 6.10. The van der Waals surface area contributed by atoms with E-state index in [1.807, 2.05) is 31.6 Å². The quantitative estimate of drug-likeness (QED) is 0.774. The number of hydrogen-bond acceptors (Lipinski definition) is 3. The fourth-order valence-corrected chi connectivity index (χ4v) is 2.93. The van der Waals surface area contributed by atoms with Gasteiger partial charge in [0.1, 0.15) is 0 Å². The average Bonchev–Trinajstić information content (AvgIpc) is 3.10. The maximum Gasteiger partial charge on any atom is 0.329 e. The van der Waals surface area contributed by atoms with Gasteiger partial charge >= 0.3 is 5.69 Å².